The van der Waals surface area contributed by atoms with Gasteiger partial charge in [-0.05, 0) is 12.1 Å². The minimum absolute atomic E-state index is 0.108. The van der Waals surface area contributed by atoms with Crippen molar-refractivity contribution in [3.05, 3.63) is 23.8 Å². The molecule has 0 spiro atoms. The first-order valence-electron chi connectivity index (χ1n) is 5.61. The number of nitrogens with two attached hydrogens (primary N) is 1. The van der Waals surface area contributed by atoms with Crippen LogP contribution in [0.25, 0.3) is 0 Å². The van der Waals surface area contributed by atoms with Crippen LogP contribution in [-0.4, -0.2) is 37.9 Å². The van der Waals surface area contributed by atoms with Crippen LogP contribution in [0.2, 0.25) is 0 Å². The van der Waals surface area contributed by atoms with E-state index in [9.17, 15) is 4.79 Å². The zero-order valence-corrected chi connectivity index (χ0v) is 10.9. The minimum Gasteiger partial charge on any atom is -0.497 e. The van der Waals surface area contributed by atoms with Crippen molar-refractivity contribution in [3.8, 4) is 11.5 Å². The molecular formula is C12H18N2O5. The first kappa shape index (κ1) is 15.2. The molecule has 7 heteroatoms. The monoisotopic (exact) mass is 270 g/mol. The lowest BCUT2D eigenvalue weighted by Gasteiger charge is -2.12. The number of hydrogen-bond acceptors (Lipinski definition) is 6. The molecule has 0 bridgehead atoms. The molecule has 0 aliphatic rings. The van der Waals surface area contributed by atoms with Crippen molar-refractivity contribution >= 4 is 5.91 Å². The largest absolute Gasteiger partial charge is 0.497 e. The van der Waals surface area contributed by atoms with E-state index < -0.39 is 18.6 Å². The Morgan fingerprint density at radius 3 is 2.74 bits per heavy atom. The molecule has 1 aromatic rings. The van der Waals surface area contributed by atoms with Crippen molar-refractivity contribution in [3.63, 3.8) is 0 Å². The third-order valence-corrected chi connectivity index (χ3v) is 2.43. The smallest absolute Gasteiger partial charge is 0.262 e. The molecule has 1 rings (SSSR count). The molecule has 0 aromatic heterocycles. The second-order valence-corrected chi connectivity index (χ2v) is 3.72. The molecule has 0 fully saturated rings. The number of aliphatic hydroxyl groups excluding tert-OH is 1. The van der Waals surface area contributed by atoms with Gasteiger partial charge in [-0.1, -0.05) is 0 Å². The van der Waals surface area contributed by atoms with Crippen molar-refractivity contribution in [1.82, 2.24) is 5.48 Å². The fraction of sp³-hybridized carbons (Fsp3) is 0.417. The zero-order chi connectivity index (χ0) is 14.3. The number of aliphatic hydroxyl groups is 1. The minimum atomic E-state index is -1.00. The SMILES string of the molecule is COc1ccc(CONC(=O)C(N)CO)c(OC)c1. The van der Waals surface area contributed by atoms with Gasteiger partial charge in [0.15, 0.2) is 0 Å². The van der Waals surface area contributed by atoms with Gasteiger partial charge in [0.05, 0.1) is 20.8 Å². The van der Waals surface area contributed by atoms with Crippen LogP contribution in [0.3, 0.4) is 0 Å². The van der Waals surface area contributed by atoms with Gasteiger partial charge >= 0.3 is 0 Å². The van der Waals surface area contributed by atoms with Crippen LogP contribution in [-0.2, 0) is 16.2 Å². The number of carbonyl (C=O) groups excluding carboxylic acids is 1. The topological polar surface area (TPSA) is 103 Å². The summed E-state index contributed by atoms with van der Waals surface area (Å²) in [4.78, 5) is 16.3. The predicted molar refractivity (Wildman–Crippen MR) is 67.5 cm³/mol. The lowest BCUT2D eigenvalue weighted by molar-refractivity contribution is -0.136. The molecule has 0 radical (unpaired) electrons. The fourth-order valence-electron chi connectivity index (χ4n) is 1.31. The van der Waals surface area contributed by atoms with E-state index in [-0.39, 0.29) is 6.61 Å². The highest BCUT2D eigenvalue weighted by Gasteiger charge is 2.12. The molecule has 106 valence electrons. The predicted octanol–water partition coefficient (Wildman–Crippen LogP) is -0.429. The maximum atomic E-state index is 11.2. The summed E-state index contributed by atoms with van der Waals surface area (Å²) in [5.41, 5.74) is 8.19. The summed E-state index contributed by atoms with van der Waals surface area (Å²) in [6, 6.07) is 4.22. The van der Waals surface area contributed by atoms with Gasteiger partial charge in [0, 0.05) is 11.6 Å². The second-order valence-electron chi connectivity index (χ2n) is 3.72. The normalized spacial score (nSPS) is 11.8. The third-order valence-electron chi connectivity index (χ3n) is 2.43. The molecule has 7 nitrogen and oxygen atoms in total. The molecule has 1 amide bonds. The summed E-state index contributed by atoms with van der Waals surface area (Å²) >= 11 is 0. The fourth-order valence-corrected chi connectivity index (χ4v) is 1.31. The number of carbonyl (C=O) groups is 1. The van der Waals surface area contributed by atoms with E-state index in [1.165, 1.54) is 7.11 Å². The molecule has 4 N–H and O–H groups in total. The van der Waals surface area contributed by atoms with E-state index in [4.69, 9.17) is 25.2 Å². The van der Waals surface area contributed by atoms with Crippen LogP contribution in [0, 0.1) is 0 Å². The first-order chi connectivity index (χ1) is 9.12. The quantitative estimate of drug-likeness (QED) is 0.581. The van der Waals surface area contributed by atoms with E-state index in [0.29, 0.717) is 11.5 Å². The Balaban J connectivity index is 2.56. The van der Waals surface area contributed by atoms with Gasteiger partial charge in [-0.25, -0.2) is 5.48 Å². The third kappa shape index (κ3) is 4.40. The zero-order valence-electron chi connectivity index (χ0n) is 10.9. The van der Waals surface area contributed by atoms with Crippen LogP contribution in [0.15, 0.2) is 18.2 Å². The van der Waals surface area contributed by atoms with Gasteiger partial charge in [0.2, 0.25) is 0 Å². The molecule has 0 saturated carbocycles. The number of benzene rings is 1. The van der Waals surface area contributed by atoms with Crippen LogP contribution in [0.1, 0.15) is 5.56 Å². The summed E-state index contributed by atoms with van der Waals surface area (Å²) in [6.07, 6.45) is 0. The maximum absolute atomic E-state index is 11.2. The number of hydroxylamine groups is 1. The van der Waals surface area contributed by atoms with Gasteiger partial charge in [-0.15, -0.1) is 0 Å². The average molecular weight is 270 g/mol. The van der Waals surface area contributed by atoms with Crippen molar-refractivity contribution in [2.24, 2.45) is 5.73 Å². The maximum Gasteiger partial charge on any atom is 0.262 e. The molecule has 0 aliphatic heterocycles. The Bertz CT molecular complexity index is 425. The van der Waals surface area contributed by atoms with Crippen LogP contribution in [0.5, 0.6) is 11.5 Å². The summed E-state index contributed by atoms with van der Waals surface area (Å²) in [5.74, 6) is 0.655. The number of nitrogens with one attached hydrogen (secondary N) is 1. The van der Waals surface area contributed by atoms with E-state index in [2.05, 4.69) is 5.48 Å². The number of amides is 1. The lowest BCUT2D eigenvalue weighted by atomic mass is 10.2. The Morgan fingerprint density at radius 1 is 1.42 bits per heavy atom. The highest BCUT2D eigenvalue weighted by Crippen LogP contribution is 2.24. The Kier molecular flexibility index (Phi) is 6.07. The van der Waals surface area contributed by atoms with Gasteiger partial charge < -0.3 is 20.3 Å². The van der Waals surface area contributed by atoms with Gasteiger partial charge in [0.25, 0.3) is 5.91 Å². The number of rotatable bonds is 7. The molecule has 0 heterocycles. The van der Waals surface area contributed by atoms with E-state index >= 15 is 0 Å². The average Bonchev–Trinajstić information content (AvgIpc) is 2.46. The molecule has 1 aromatic carbocycles. The van der Waals surface area contributed by atoms with Crippen molar-refractivity contribution in [2.75, 3.05) is 20.8 Å². The summed E-state index contributed by atoms with van der Waals surface area (Å²) in [5, 5.41) is 8.69. The van der Waals surface area contributed by atoms with Gasteiger partial charge in [-0.3, -0.25) is 9.63 Å². The summed E-state index contributed by atoms with van der Waals surface area (Å²) < 4.78 is 10.2. The summed E-state index contributed by atoms with van der Waals surface area (Å²) in [7, 11) is 3.08. The molecule has 1 atom stereocenters. The van der Waals surface area contributed by atoms with E-state index in [1.54, 1.807) is 25.3 Å². The Morgan fingerprint density at radius 2 is 2.16 bits per heavy atom. The van der Waals surface area contributed by atoms with E-state index in [0.717, 1.165) is 5.56 Å². The number of methoxy groups -OCH3 is 2. The van der Waals surface area contributed by atoms with E-state index in [1.807, 2.05) is 0 Å². The highest BCUT2D eigenvalue weighted by atomic mass is 16.7. The standard InChI is InChI=1S/C12H18N2O5/c1-17-9-4-3-8(11(5-9)18-2)7-19-14-12(16)10(13)6-15/h3-5,10,15H,6-7,13H2,1-2H3,(H,14,16). The number of hydrogen-bond donors (Lipinski definition) is 3. The molecule has 0 aliphatic carbocycles. The lowest BCUT2D eigenvalue weighted by Crippen LogP contribution is -2.42. The Labute approximate surface area is 111 Å². The van der Waals surface area contributed by atoms with Crippen molar-refractivity contribution in [2.45, 2.75) is 12.6 Å². The summed E-state index contributed by atoms with van der Waals surface area (Å²) in [6.45, 7) is -0.335. The van der Waals surface area contributed by atoms with Crippen molar-refractivity contribution in [1.29, 1.82) is 0 Å². The molecule has 0 saturated heterocycles. The molecular weight excluding hydrogens is 252 g/mol. The first-order valence-corrected chi connectivity index (χ1v) is 5.61. The van der Waals surface area contributed by atoms with Crippen molar-refractivity contribution < 1.29 is 24.2 Å². The second kappa shape index (κ2) is 7.57. The Hall–Kier alpha value is -1.83. The van der Waals surface area contributed by atoms with Crippen LogP contribution >= 0.6 is 0 Å². The molecule has 19 heavy (non-hydrogen) atoms. The van der Waals surface area contributed by atoms with Crippen LogP contribution in [0.4, 0.5) is 0 Å². The molecule has 1 unspecified atom stereocenters. The highest BCUT2D eigenvalue weighted by molar-refractivity contribution is 5.80. The van der Waals surface area contributed by atoms with Gasteiger partial charge in [0.1, 0.15) is 24.1 Å². The van der Waals surface area contributed by atoms with Gasteiger partial charge in [-0.2, -0.15) is 0 Å². The van der Waals surface area contributed by atoms with Crippen LogP contribution < -0.4 is 20.7 Å². The number of ether oxygens (including phenoxy) is 2.